The van der Waals surface area contributed by atoms with Gasteiger partial charge in [-0.15, -0.1) is 0 Å². The number of carbonyl (C=O) groups is 3. The second-order valence-electron chi connectivity index (χ2n) is 10.1. The molecule has 0 aromatic rings. The van der Waals surface area contributed by atoms with Crippen molar-refractivity contribution in [3.63, 3.8) is 0 Å². The fourth-order valence-corrected chi connectivity index (χ4v) is 7.40. The van der Waals surface area contributed by atoms with Crippen LogP contribution in [-0.4, -0.2) is 34.7 Å². The third kappa shape index (κ3) is 2.24. The number of Topliss-reactive ketones (excluding diaryl/α,β-unsaturated/α-hetero) is 1. The van der Waals surface area contributed by atoms with Crippen molar-refractivity contribution in [3.05, 3.63) is 0 Å². The third-order valence-electron chi connectivity index (χ3n) is 8.43. The van der Waals surface area contributed by atoms with Crippen LogP contribution in [0.4, 0.5) is 4.79 Å². The van der Waals surface area contributed by atoms with Crippen LogP contribution in [0, 0.1) is 29.1 Å². The Labute approximate surface area is 155 Å². The van der Waals surface area contributed by atoms with Crippen LogP contribution in [0.25, 0.3) is 0 Å². The Hall–Kier alpha value is -1.39. The summed E-state index contributed by atoms with van der Waals surface area (Å²) in [5.41, 5.74) is -1.000. The van der Waals surface area contributed by atoms with Crippen LogP contribution >= 0.6 is 0 Å². The van der Waals surface area contributed by atoms with Gasteiger partial charge >= 0.3 is 6.03 Å². The van der Waals surface area contributed by atoms with Crippen LogP contribution in [0.15, 0.2) is 0 Å². The Bertz CT molecular complexity index is 637. The lowest BCUT2D eigenvalue weighted by Crippen LogP contribution is -2.55. The normalized spacial score (nSPS) is 46.9. The monoisotopic (exact) mass is 358 g/mol. The maximum atomic E-state index is 13.3. The molecule has 6 fully saturated rings. The Morgan fingerprint density at radius 1 is 1.08 bits per heavy atom. The summed E-state index contributed by atoms with van der Waals surface area (Å²) in [6.45, 7) is 2.05. The molecule has 0 radical (unpaired) electrons. The van der Waals surface area contributed by atoms with Crippen LogP contribution in [0.1, 0.15) is 71.1 Å². The first-order valence-corrected chi connectivity index (χ1v) is 10.6. The second-order valence-corrected chi connectivity index (χ2v) is 10.1. The molecule has 6 rings (SSSR count). The van der Waals surface area contributed by atoms with E-state index in [2.05, 4.69) is 12.2 Å². The lowest BCUT2D eigenvalue weighted by Gasteiger charge is -2.56. The van der Waals surface area contributed by atoms with Crippen molar-refractivity contribution in [3.8, 4) is 0 Å². The molecule has 26 heavy (non-hydrogen) atoms. The summed E-state index contributed by atoms with van der Waals surface area (Å²) in [7, 11) is 0. The quantitative estimate of drug-likeness (QED) is 0.788. The number of imide groups is 1. The first-order valence-electron chi connectivity index (χ1n) is 10.6. The first-order chi connectivity index (χ1) is 12.4. The van der Waals surface area contributed by atoms with E-state index in [1.54, 1.807) is 0 Å². The number of amides is 3. The number of urea groups is 1. The molecule has 1 saturated heterocycles. The Morgan fingerprint density at radius 2 is 1.69 bits per heavy atom. The number of nitrogens with one attached hydrogen (secondary N) is 1. The summed E-state index contributed by atoms with van der Waals surface area (Å²) in [6, 6.07) is -0.346. The van der Waals surface area contributed by atoms with Crippen LogP contribution < -0.4 is 5.32 Å². The van der Waals surface area contributed by atoms with Gasteiger partial charge in [0.2, 0.25) is 0 Å². The Morgan fingerprint density at radius 3 is 2.27 bits per heavy atom. The molecule has 6 aliphatic rings. The lowest BCUT2D eigenvalue weighted by molar-refractivity contribution is -0.148. The SMILES string of the molecule is C[C@@H]1CCCC[C@@]12NC(=O)N(CC(=O)C13CC4CC(CC(C4)C1)C3)C2=O. The molecule has 2 atom stereocenters. The van der Waals surface area contributed by atoms with Gasteiger partial charge in [0, 0.05) is 5.41 Å². The molecule has 142 valence electrons. The van der Waals surface area contributed by atoms with Crippen molar-refractivity contribution in [2.24, 2.45) is 29.1 Å². The summed E-state index contributed by atoms with van der Waals surface area (Å²) in [4.78, 5) is 40.3. The molecule has 1 heterocycles. The molecule has 5 heteroatoms. The van der Waals surface area contributed by atoms with Gasteiger partial charge in [-0.3, -0.25) is 14.5 Å². The largest absolute Gasteiger partial charge is 0.325 e. The third-order valence-corrected chi connectivity index (χ3v) is 8.43. The zero-order valence-corrected chi connectivity index (χ0v) is 15.8. The zero-order valence-electron chi connectivity index (χ0n) is 15.8. The maximum Gasteiger partial charge on any atom is 0.325 e. The fourth-order valence-electron chi connectivity index (χ4n) is 7.40. The second kappa shape index (κ2) is 5.56. The lowest BCUT2D eigenvalue weighted by atomic mass is 9.48. The summed E-state index contributed by atoms with van der Waals surface area (Å²) in [5, 5.41) is 2.98. The van der Waals surface area contributed by atoms with E-state index in [9.17, 15) is 14.4 Å². The highest BCUT2D eigenvalue weighted by Crippen LogP contribution is 2.60. The van der Waals surface area contributed by atoms with Gasteiger partial charge in [-0.1, -0.05) is 19.8 Å². The molecule has 0 aromatic heterocycles. The van der Waals surface area contributed by atoms with E-state index in [4.69, 9.17) is 0 Å². The van der Waals surface area contributed by atoms with Gasteiger partial charge in [0.15, 0.2) is 5.78 Å². The van der Waals surface area contributed by atoms with Crippen LogP contribution in [-0.2, 0) is 9.59 Å². The van der Waals surface area contributed by atoms with Gasteiger partial charge < -0.3 is 5.32 Å². The molecular weight excluding hydrogens is 328 g/mol. The summed E-state index contributed by atoms with van der Waals surface area (Å²) < 4.78 is 0. The summed E-state index contributed by atoms with van der Waals surface area (Å²) >= 11 is 0. The van der Waals surface area contributed by atoms with Gasteiger partial charge in [0.25, 0.3) is 5.91 Å². The van der Waals surface area contributed by atoms with Crippen LogP contribution in [0.2, 0.25) is 0 Å². The minimum Gasteiger partial charge on any atom is -0.323 e. The summed E-state index contributed by atoms with van der Waals surface area (Å²) in [6.07, 6.45) is 10.6. The van der Waals surface area contributed by atoms with E-state index in [0.29, 0.717) is 24.2 Å². The summed E-state index contributed by atoms with van der Waals surface area (Å²) in [5.74, 6) is 2.23. The van der Waals surface area contributed by atoms with E-state index in [-0.39, 0.29) is 35.6 Å². The molecule has 4 bridgehead atoms. The molecule has 5 saturated carbocycles. The van der Waals surface area contributed by atoms with Gasteiger partial charge in [-0.25, -0.2) is 4.79 Å². The van der Waals surface area contributed by atoms with Crippen LogP contribution in [0.5, 0.6) is 0 Å². The highest BCUT2D eigenvalue weighted by atomic mass is 16.2. The van der Waals surface area contributed by atoms with Crippen molar-refractivity contribution in [2.45, 2.75) is 76.7 Å². The fraction of sp³-hybridized carbons (Fsp3) is 0.857. The number of rotatable bonds is 3. The molecule has 3 amide bonds. The molecule has 0 aromatic carbocycles. The average Bonchev–Trinajstić information content (AvgIpc) is 2.81. The molecular formula is C21H30N2O3. The number of carbonyl (C=O) groups excluding carboxylic acids is 3. The highest BCUT2D eigenvalue weighted by molar-refractivity contribution is 6.09. The van der Waals surface area contributed by atoms with Crippen molar-refractivity contribution < 1.29 is 14.4 Å². The number of nitrogens with zero attached hydrogens (tertiary/aromatic N) is 1. The first kappa shape index (κ1) is 16.8. The molecule has 1 spiro atoms. The number of hydrogen-bond donors (Lipinski definition) is 1. The molecule has 1 N–H and O–H groups in total. The van der Waals surface area contributed by atoms with Gasteiger partial charge in [0.05, 0.1) is 6.54 Å². The molecule has 1 aliphatic heterocycles. The topological polar surface area (TPSA) is 66.5 Å². The molecule has 5 nitrogen and oxygen atoms in total. The van der Waals surface area contributed by atoms with Crippen molar-refractivity contribution in [2.75, 3.05) is 6.54 Å². The predicted octanol–water partition coefficient (Wildman–Crippen LogP) is 3.27. The minimum absolute atomic E-state index is 0.00863. The average molecular weight is 358 g/mol. The van der Waals surface area contributed by atoms with Gasteiger partial charge in [0.1, 0.15) is 5.54 Å². The zero-order chi connectivity index (χ0) is 18.1. The number of hydrogen-bond acceptors (Lipinski definition) is 3. The van der Waals surface area contributed by atoms with Crippen molar-refractivity contribution in [1.29, 1.82) is 0 Å². The molecule has 5 aliphatic carbocycles. The minimum atomic E-state index is -0.753. The Kier molecular flexibility index (Phi) is 3.58. The van der Waals surface area contributed by atoms with E-state index >= 15 is 0 Å². The van der Waals surface area contributed by atoms with Crippen LogP contribution in [0.3, 0.4) is 0 Å². The standard InChI is InChI=1S/C21H30N2O3/c1-13-4-2-3-5-21(13)18(25)23(19(26)22-21)12-17(24)20-9-14-6-15(10-20)8-16(7-14)11-20/h13-16H,2-12H2,1H3,(H,22,26)/t13-,14?,15?,16?,20?,21-/m1/s1. The predicted molar refractivity (Wildman–Crippen MR) is 96.2 cm³/mol. The van der Waals surface area contributed by atoms with Crippen molar-refractivity contribution in [1.82, 2.24) is 10.2 Å². The maximum absolute atomic E-state index is 13.3. The smallest absolute Gasteiger partial charge is 0.323 e. The number of ketones is 1. The van der Waals surface area contributed by atoms with E-state index in [0.717, 1.165) is 38.5 Å². The highest BCUT2D eigenvalue weighted by Gasteiger charge is 2.58. The molecule has 0 unspecified atom stereocenters. The van der Waals surface area contributed by atoms with E-state index in [1.807, 2.05) is 0 Å². The van der Waals surface area contributed by atoms with Crippen molar-refractivity contribution >= 4 is 17.7 Å². The Balaban J connectivity index is 1.36. The van der Waals surface area contributed by atoms with E-state index in [1.165, 1.54) is 24.2 Å². The van der Waals surface area contributed by atoms with E-state index < -0.39 is 5.54 Å². The van der Waals surface area contributed by atoms with Gasteiger partial charge in [-0.2, -0.15) is 0 Å². The van der Waals surface area contributed by atoms with Gasteiger partial charge in [-0.05, 0) is 75.0 Å².